The van der Waals surface area contributed by atoms with Crippen molar-refractivity contribution < 1.29 is 39.8 Å². The number of methoxy groups -OCH3 is 1. The second-order valence-electron chi connectivity index (χ2n) is 9.57. The Hall–Kier alpha value is -2.33. The Morgan fingerprint density at radius 1 is 0.972 bits per heavy atom. The number of rotatable bonds is 12. The number of phenols is 1. The average Bonchev–Trinajstić information content (AvgIpc) is 2.86. The van der Waals surface area contributed by atoms with Crippen molar-refractivity contribution in [3.05, 3.63) is 64.2 Å². The van der Waals surface area contributed by atoms with Gasteiger partial charge in [0.1, 0.15) is 42.1 Å². The van der Waals surface area contributed by atoms with Crippen LogP contribution < -0.4 is 0 Å². The van der Waals surface area contributed by atoms with Crippen LogP contribution in [0.15, 0.2) is 36.4 Å². The van der Waals surface area contributed by atoms with Gasteiger partial charge in [-0.25, -0.2) is 0 Å². The number of aliphatic hydroxyl groups excluding tert-OH is 4. The van der Waals surface area contributed by atoms with E-state index in [0.717, 1.165) is 41.5 Å². The summed E-state index contributed by atoms with van der Waals surface area (Å²) in [5, 5.41) is 50.7. The fourth-order valence-electron chi connectivity index (χ4n) is 4.61. The highest BCUT2D eigenvalue weighted by Crippen LogP contribution is 2.38. The van der Waals surface area contributed by atoms with E-state index in [1.54, 1.807) is 19.2 Å². The van der Waals surface area contributed by atoms with Crippen molar-refractivity contribution in [2.45, 2.75) is 76.0 Å². The summed E-state index contributed by atoms with van der Waals surface area (Å²) in [6.45, 7) is 1.96. The maximum atomic E-state index is 11.9. The number of phenolic OH excluding ortho intramolecular Hbond substituents is 1. The Bertz CT molecular complexity index is 988. The SMILES string of the molecule is COCCCC(=O)CCCc1ccc(Cc2cc([C@@H]3O[C@H](CO)[C@@H](O)[C@H](O)[C@H]3O)c(O)cc2C)cc1. The highest BCUT2D eigenvalue weighted by atomic mass is 16.5. The van der Waals surface area contributed by atoms with Crippen LogP contribution in [0.5, 0.6) is 5.75 Å². The summed E-state index contributed by atoms with van der Waals surface area (Å²) in [5.74, 6) is 0.175. The molecule has 5 N–H and O–H groups in total. The molecular weight excluding hydrogens is 464 g/mol. The van der Waals surface area contributed by atoms with Crippen LogP contribution in [0.3, 0.4) is 0 Å². The molecule has 0 saturated carbocycles. The van der Waals surface area contributed by atoms with Gasteiger partial charge in [0.15, 0.2) is 0 Å². The van der Waals surface area contributed by atoms with E-state index in [2.05, 4.69) is 12.1 Å². The van der Waals surface area contributed by atoms with Gasteiger partial charge < -0.3 is 35.0 Å². The molecule has 1 aliphatic heterocycles. The first kappa shape index (κ1) is 28.2. The monoisotopic (exact) mass is 502 g/mol. The van der Waals surface area contributed by atoms with Crippen molar-refractivity contribution >= 4 is 5.78 Å². The summed E-state index contributed by atoms with van der Waals surface area (Å²) in [4.78, 5) is 11.9. The Morgan fingerprint density at radius 3 is 2.31 bits per heavy atom. The van der Waals surface area contributed by atoms with Crippen LogP contribution in [0.1, 0.15) is 59.6 Å². The second kappa shape index (κ2) is 13.3. The molecule has 0 aliphatic carbocycles. The molecule has 1 saturated heterocycles. The van der Waals surface area contributed by atoms with Crippen LogP contribution in [0.25, 0.3) is 0 Å². The Kier molecular flexibility index (Phi) is 10.4. The fraction of sp³-hybridized carbons (Fsp3) is 0.536. The van der Waals surface area contributed by atoms with Gasteiger partial charge in [-0.3, -0.25) is 4.79 Å². The number of aliphatic hydroxyl groups is 4. The van der Waals surface area contributed by atoms with E-state index in [4.69, 9.17) is 9.47 Å². The van der Waals surface area contributed by atoms with Crippen molar-refractivity contribution in [2.75, 3.05) is 20.3 Å². The van der Waals surface area contributed by atoms with Crippen molar-refractivity contribution in [3.8, 4) is 5.75 Å². The van der Waals surface area contributed by atoms with Gasteiger partial charge in [-0.1, -0.05) is 24.3 Å². The van der Waals surface area contributed by atoms with E-state index in [1.165, 1.54) is 0 Å². The van der Waals surface area contributed by atoms with Gasteiger partial charge in [0.2, 0.25) is 0 Å². The molecule has 8 heteroatoms. The molecule has 1 fully saturated rings. The third-order valence-electron chi connectivity index (χ3n) is 6.83. The molecule has 0 aromatic heterocycles. The highest BCUT2D eigenvalue weighted by molar-refractivity contribution is 5.78. The highest BCUT2D eigenvalue weighted by Gasteiger charge is 2.44. The van der Waals surface area contributed by atoms with Gasteiger partial charge in [0.05, 0.1) is 6.61 Å². The zero-order valence-electron chi connectivity index (χ0n) is 21.0. The lowest BCUT2D eigenvalue weighted by atomic mass is 9.88. The molecule has 0 unspecified atom stereocenters. The molecule has 0 spiro atoms. The first-order chi connectivity index (χ1) is 17.2. The molecule has 198 valence electrons. The van der Waals surface area contributed by atoms with Gasteiger partial charge in [-0.2, -0.15) is 0 Å². The molecule has 3 rings (SSSR count). The smallest absolute Gasteiger partial charge is 0.133 e. The standard InChI is InChI=1S/C28H38O8/c1-17-13-23(31)22(28-27(34)26(33)25(32)24(16-29)36-28)15-20(17)14-19-10-8-18(9-11-19)5-3-6-21(30)7-4-12-35-2/h8-11,13,15,24-29,31-34H,3-7,12,14,16H2,1-2H3/t24-,25-,26+,27-,28+/m1/s1. The first-order valence-corrected chi connectivity index (χ1v) is 12.5. The maximum absolute atomic E-state index is 11.9. The zero-order valence-corrected chi connectivity index (χ0v) is 21.0. The number of ether oxygens (including phenoxy) is 2. The molecular formula is C28H38O8. The molecule has 8 nitrogen and oxygen atoms in total. The van der Waals surface area contributed by atoms with Crippen LogP contribution >= 0.6 is 0 Å². The number of benzene rings is 2. The minimum absolute atomic E-state index is 0.0901. The lowest BCUT2D eigenvalue weighted by molar-refractivity contribution is -0.232. The van der Waals surface area contributed by atoms with Gasteiger partial charge in [-0.15, -0.1) is 0 Å². The van der Waals surface area contributed by atoms with Gasteiger partial charge in [0.25, 0.3) is 0 Å². The van der Waals surface area contributed by atoms with E-state index in [-0.39, 0.29) is 11.5 Å². The Labute approximate surface area is 212 Å². The van der Waals surface area contributed by atoms with E-state index in [9.17, 15) is 30.3 Å². The van der Waals surface area contributed by atoms with E-state index in [0.29, 0.717) is 31.4 Å². The molecule has 2 aromatic carbocycles. The third kappa shape index (κ3) is 7.12. The number of hydrogen-bond acceptors (Lipinski definition) is 8. The van der Waals surface area contributed by atoms with Crippen LogP contribution in [0, 0.1) is 6.92 Å². The number of carbonyl (C=O) groups excluding carboxylic acids is 1. The predicted molar refractivity (Wildman–Crippen MR) is 134 cm³/mol. The normalized spacial score (nSPS) is 24.1. The molecule has 1 aliphatic rings. The average molecular weight is 503 g/mol. The predicted octanol–water partition coefficient (Wildman–Crippen LogP) is 2.12. The zero-order chi connectivity index (χ0) is 26.2. The molecule has 0 amide bonds. The van der Waals surface area contributed by atoms with Crippen molar-refractivity contribution in [3.63, 3.8) is 0 Å². The van der Waals surface area contributed by atoms with Crippen molar-refractivity contribution in [2.24, 2.45) is 0 Å². The number of Topliss-reactive ketones (excluding diaryl/α,β-unsaturated/α-hetero) is 1. The maximum Gasteiger partial charge on any atom is 0.133 e. The van der Waals surface area contributed by atoms with Crippen LogP contribution in [-0.2, 0) is 27.1 Å². The fourth-order valence-corrected chi connectivity index (χ4v) is 4.61. The van der Waals surface area contributed by atoms with Crippen LogP contribution in [0.4, 0.5) is 0 Å². The number of hydrogen-bond donors (Lipinski definition) is 5. The molecule has 2 aromatic rings. The van der Waals surface area contributed by atoms with E-state index >= 15 is 0 Å². The summed E-state index contributed by atoms with van der Waals surface area (Å²) in [6, 6.07) is 11.5. The summed E-state index contributed by atoms with van der Waals surface area (Å²) in [7, 11) is 1.64. The van der Waals surface area contributed by atoms with Crippen molar-refractivity contribution in [1.29, 1.82) is 0 Å². The van der Waals surface area contributed by atoms with Gasteiger partial charge in [-0.05, 0) is 67.0 Å². The van der Waals surface area contributed by atoms with Crippen LogP contribution in [0.2, 0.25) is 0 Å². The largest absolute Gasteiger partial charge is 0.508 e. The molecule has 5 atom stereocenters. The number of aromatic hydroxyl groups is 1. The minimum Gasteiger partial charge on any atom is -0.508 e. The lowest BCUT2D eigenvalue weighted by Crippen LogP contribution is -2.55. The van der Waals surface area contributed by atoms with E-state index < -0.39 is 37.1 Å². The van der Waals surface area contributed by atoms with Crippen molar-refractivity contribution in [1.82, 2.24) is 0 Å². The number of aryl methyl sites for hydroxylation is 2. The van der Waals surface area contributed by atoms with Crippen LogP contribution in [-0.4, -0.2) is 76.1 Å². The second-order valence-corrected chi connectivity index (χ2v) is 9.57. The topological polar surface area (TPSA) is 137 Å². The summed E-state index contributed by atoms with van der Waals surface area (Å²) in [6.07, 6.45) is -2.48. The molecule has 0 radical (unpaired) electrons. The summed E-state index contributed by atoms with van der Waals surface area (Å²) >= 11 is 0. The number of carbonyl (C=O) groups is 1. The Balaban J connectivity index is 1.65. The molecule has 1 heterocycles. The van der Waals surface area contributed by atoms with E-state index in [1.807, 2.05) is 19.1 Å². The quantitative estimate of drug-likeness (QED) is 0.279. The Morgan fingerprint density at radius 2 is 1.64 bits per heavy atom. The third-order valence-corrected chi connectivity index (χ3v) is 6.83. The van der Waals surface area contributed by atoms with Gasteiger partial charge >= 0.3 is 0 Å². The minimum atomic E-state index is -1.52. The van der Waals surface area contributed by atoms with Gasteiger partial charge in [0, 0.05) is 32.1 Å². The summed E-state index contributed by atoms with van der Waals surface area (Å²) in [5.41, 5.74) is 4.28. The molecule has 36 heavy (non-hydrogen) atoms. The summed E-state index contributed by atoms with van der Waals surface area (Å²) < 4.78 is 10.6. The lowest BCUT2D eigenvalue weighted by Gasteiger charge is -2.40. The number of ketones is 1. The first-order valence-electron chi connectivity index (χ1n) is 12.5. The molecule has 0 bridgehead atoms.